The number of amides is 2. The number of hydrogen-bond acceptors (Lipinski definition) is 3. The van der Waals surface area contributed by atoms with Gasteiger partial charge in [0.1, 0.15) is 6.42 Å². The SMILES string of the molecule is CCc1cccc(CC)c1NC(=O)CC(=O)N1CCN(Cc2ccccc2)CC1. The minimum Gasteiger partial charge on any atom is -0.340 e. The smallest absolute Gasteiger partial charge is 0.233 e. The second-order valence-electron chi connectivity index (χ2n) is 7.53. The molecule has 1 aliphatic rings. The monoisotopic (exact) mass is 393 g/mol. The third kappa shape index (κ3) is 5.67. The summed E-state index contributed by atoms with van der Waals surface area (Å²) in [4.78, 5) is 29.3. The molecular formula is C24H31N3O2. The molecule has 2 amide bonds. The van der Waals surface area contributed by atoms with Gasteiger partial charge in [-0.2, -0.15) is 0 Å². The molecule has 3 rings (SSSR count). The van der Waals surface area contributed by atoms with Crippen molar-refractivity contribution in [3.05, 3.63) is 65.2 Å². The summed E-state index contributed by atoms with van der Waals surface area (Å²) in [5.74, 6) is -0.314. The molecule has 0 bridgehead atoms. The Morgan fingerprint density at radius 2 is 1.48 bits per heavy atom. The highest BCUT2D eigenvalue weighted by Crippen LogP contribution is 2.23. The fraction of sp³-hybridized carbons (Fsp3) is 0.417. The second-order valence-corrected chi connectivity index (χ2v) is 7.53. The second kappa shape index (κ2) is 10.2. The fourth-order valence-corrected chi connectivity index (χ4v) is 3.83. The van der Waals surface area contributed by atoms with E-state index in [1.807, 2.05) is 41.3 Å². The van der Waals surface area contributed by atoms with E-state index >= 15 is 0 Å². The number of para-hydroxylation sites is 1. The van der Waals surface area contributed by atoms with Crippen LogP contribution in [-0.4, -0.2) is 47.8 Å². The molecule has 2 aromatic rings. The molecule has 1 aliphatic heterocycles. The number of rotatable bonds is 7. The van der Waals surface area contributed by atoms with Gasteiger partial charge >= 0.3 is 0 Å². The van der Waals surface area contributed by atoms with Crippen molar-refractivity contribution in [2.45, 2.75) is 39.7 Å². The summed E-state index contributed by atoms with van der Waals surface area (Å²) in [6, 6.07) is 16.5. The number of carbonyl (C=O) groups excluding carboxylic acids is 2. The molecule has 0 saturated carbocycles. The molecule has 5 heteroatoms. The van der Waals surface area contributed by atoms with Gasteiger partial charge in [0.05, 0.1) is 0 Å². The Kier molecular flexibility index (Phi) is 7.42. The zero-order valence-corrected chi connectivity index (χ0v) is 17.5. The largest absolute Gasteiger partial charge is 0.340 e. The van der Waals surface area contributed by atoms with Crippen molar-refractivity contribution in [2.24, 2.45) is 0 Å². The minimum absolute atomic E-state index is 0.0890. The van der Waals surface area contributed by atoms with E-state index in [0.717, 1.165) is 49.3 Å². The van der Waals surface area contributed by atoms with Crippen LogP contribution in [0.5, 0.6) is 0 Å². The van der Waals surface area contributed by atoms with Gasteiger partial charge in [-0.15, -0.1) is 0 Å². The maximum Gasteiger partial charge on any atom is 0.233 e. The lowest BCUT2D eigenvalue weighted by Crippen LogP contribution is -2.48. The Balaban J connectivity index is 1.50. The molecule has 1 saturated heterocycles. The van der Waals surface area contributed by atoms with E-state index in [9.17, 15) is 9.59 Å². The average Bonchev–Trinajstić information content (AvgIpc) is 2.75. The topological polar surface area (TPSA) is 52.7 Å². The standard InChI is InChI=1S/C24H31N3O2/c1-3-20-11-8-12-21(4-2)24(20)25-22(28)17-23(29)27-15-13-26(14-16-27)18-19-9-6-5-7-10-19/h5-12H,3-4,13-18H2,1-2H3,(H,25,28). The number of anilines is 1. The minimum atomic E-state index is -0.225. The molecule has 5 nitrogen and oxygen atoms in total. The summed E-state index contributed by atoms with van der Waals surface area (Å²) in [5, 5.41) is 3.00. The van der Waals surface area contributed by atoms with Gasteiger partial charge in [-0.05, 0) is 29.5 Å². The highest BCUT2D eigenvalue weighted by molar-refractivity contribution is 6.04. The van der Waals surface area contributed by atoms with Crippen LogP contribution < -0.4 is 5.32 Å². The van der Waals surface area contributed by atoms with Crippen molar-refractivity contribution in [2.75, 3.05) is 31.5 Å². The van der Waals surface area contributed by atoms with Crippen LogP contribution >= 0.6 is 0 Å². The third-order valence-electron chi connectivity index (χ3n) is 5.55. The van der Waals surface area contributed by atoms with Crippen molar-refractivity contribution in [3.8, 4) is 0 Å². The predicted molar refractivity (Wildman–Crippen MR) is 117 cm³/mol. The number of carbonyl (C=O) groups is 2. The lowest BCUT2D eigenvalue weighted by atomic mass is 10.0. The van der Waals surface area contributed by atoms with Gasteiger partial charge in [-0.1, -0.05) is 62.4 Å². The summed E-state index contributed by atoms with van der Waals surface area (Å²) >= 11 is 0. The van der Waals surface area contributed by atoms with Crippen LogP contribution in [-0.2, 0) is 29.0 Å². The third-order valence-corrected chi connectivity index (χ3v) is 5.55. The molecule has 29 heavy (non-hydrogen) atoms. The molecule has 0 aromatic heterocycles. The van der Waals surface area contributed by atoms with Crippen molar-refractivity contribution < 1.29 is 9.59 Å². The van der Waals surface area contributed by atoms with Gasteiger partial charge in [-0.3, -0.25) is 14.5 Å². The first-order chi connectivity index (χ1) is 14.1. The van der Waals surface area contributed by atoms with Crippen LogP contribution in [0, 0.1) is 0 Å². The Morgan fingerprint density at radius 1 is 0.862 bits per heavy atom. The Hall–Kier alpha value is -2.66. The first kappa shape index (κ1) is 21.1. The van der Waals surface area contributed by atoms with Crippen LogP contribution in [0.2, 0.25) is 0 Å². The average molecular weight is 394 g/mol. The number of benzene rings is 2. The highest BCUT2D eigenvalue weighted by Gasteiger charge is 2.23. The van der Waals surface area contributed by atoms with Crippen LogP contribution in [0.1, 0.15) is 37.0 Å². The maximum atomic E-state index is 12.6. The number of piperazine rings is 1. The van der Waals surface area contributed by atoms with Gasteiger partial charge in [0, 0.05) is 38.4 Å². The van der Waals surface area contributed by atoms with Crippen LogP contribution in [0.15, 0.2) is 48.5 Å². The molecule has 0 aliphatic carbocycles. The normalized spacial score (nSPS) is 14.6. The fourth-order valence-electron chi connectivity index (χ4n) is 3.83. The first-order valence-electron chi connectivity index (χ1n) is 10.5. The molecule has 1 heterocycles. The number of nitrogens with zero attached hydrogens (tertiary/aromatic N) is 2. The van der Waals surface area contributed by atoms with E-state index in [1.54, 1.807) is 0 Å². The summed E-state index contributed by atoms with van der Waals surface area (Å²) in [7, 11) is 0. The molecule has 1 N–H and O–H groups in total. The van der Waals surface area contributed by atoms with Crippen molar-refractivity contribution in [1.29, 1.82) is 0 Å². The number of hydrogen-bond donors (Lipinski definition) is 1. The quantitative estimate of drug-likeness (QED) is 0.733. The van der Waals surface area contributed by atoms with Crippen molar-refractivity contribution in [3.63, 3.8) is 0 Å². The summed E-state index contributed by atoms with van der Waals surface area (Å²) in [5.41, 5.74) is 4.38. The lowest BCUT2D eigenvalue weighted by Gasteiger charge is -2.34. The molecule has 154 valence electrons. The van der Waals surface area contributed by atoms with E-state index in [1.165, 1.54) is 5.56 Å². The zero-order valence-electron chi connectivity index (χ0n) is 17.5. The molecule has 1 fully saturated rings. The summed E-state index contributed by atoms with van der Waals surface area (Å²) in [6.45, 7) is 8.06. The van der Waals surface area contributed by atoms with Crippen LogP contribution in [0.3, 0.4) is 0 Å². The van der Waals surface area contributed by atoms with Gasteiger partial charge in [-0.25, -0.2) is 0 Å². The Morgan fingerprint density at radius 3 is 2.07 bits per heavy atom. The van der Waals surface area contributed by atoms with E-state index in [0.29, 0.717) is 13.1 Å². The molecule has 0 radical (unpaired) electrons. The highest BCUT2D eigenvalue weighted by atomic mass is 16.2. The van der Waals surface area contributed by atoms with Gasteiger partial charge in [0.15, 0.2) is 0 Å². The van der Waals surface area contributed by atoms with Gasteiger partial charge in [0.2, 0.25) is 11.8 Å². The molecule has 0 unspecified atom stereocenters. The molecule has 2 aromatic carbocycles. The van der Waals surface area contributed by atoms with Crippen LogP contribution in [0.4, 0.5) is 5.69 Å². The first-order valence-corrected chi connectivity index (χ1v) is 10.5. The van der Waals surface area contributed by atoms with Crippen molar-refractivity contribution >= 4 is 17.5 Å². The molecular weight excluding hydrogens is 362 g/mol. The van der Waals surface area contributed by atoms with Crippen molar-refractivity contribution in [1.82, 2.24) is 9.80 Å². The zero-order chi connectivity index (χ0) is 20.6. The Labute approximate surface area is 173 Å². The number of aryl methyl sites for hydroxylation is 2. The predicted octanol–water partition coefficient (Wildman–Crippen LogP) is 3.48. The molecule has 0 atom stereocenters. The Bertz CT molecular complexity index is 805. The van der Waals surface area contributed by atoms with E-state index < -0.39 is 0 Å². The van der Waals surface area contributed by atoms with Gasteiger partial charge in [0.25, 0.3) is 0 Å². The van der Waals surface area contributed by atoms with E-state index in [4.69, 9.17) is 0 Å². The lowest BCUT2D eigenvalue weighted by molar-refractivity contribution is -0.136. The maximum absolute atomic E-state index is 12.6. The van der Waals surface area contributed by atoms with Gasteiger partial charge < -0.3 is 10.2 Å². The van der Waals surface area contributed by atoms with Crippen LogP contribution in [0.25, 0.3) is 0 Å². The van der Waals surface area contributed by atoms with E-state index in [-0.39, 0.29) is 18.2 Å². The van der Waals surface area contributed by atoms with E-state index in [2.05, 4.69) is 36.2 Å². The molecule has 0 spiro atoms. The summed E-state index contributed by atoms with van der Waals surface area (Å²) in [6.07, 6.45) is 1.60. The summed E-state index contributed by atoms with van der Waals surface area (Å²) < 4.78 is 0. The number of nitrogens with one attached hydrogen (secondary N) is 1.